The summed E-state index contributed by atoms with van der Waals surface area (Å²) in [6.07, 6.45) is 1.04. The van der Waals surface area contributed by atoms with Gasteiger partial charge in [0.1, 0.15) is 16.4 Å². The van der Waals surface area contributed by atoms with E-state index in [1.54, 1.807) is 0 Å². The van der Waals surface area contributed by atoms with E-state index in [2.05, 4.69) is 4.98 Å². The monoisotopic (exact) mass is 302 g/mol. The Bertz CT molecular complexity index is 550. The first kappa shape index (κ1) is 14.1. The van der Waals surface area contributed by atoms with Crippen molar-refractivity contribution in [1.29, 1.82) is 0 Å². The first-order valence-corrected chi connectivity index (χ1v) is 6.49. The number of pyridine rings is 1. The largest absolute Gasteiger partial charge is 0.480 e. The Hall–Kier alpha value is -1.33. The third-order valence-electron chi connectivity index (χ3n) is 3.36. The molecule has 1 unspecified atom stereocenters. The maximum Gasteiger partial charge on any atom is 0.329 e. The third-order valence-corrected chi connectivity index (χ3v) is 3.88. The number of amides is 1. The molecule has 1 amide bonds. The van der Waals surface area contributed by atoms with Crippen molar-refractivity contribution in [3.05, 3.63) is 28.0 Å². The van der Waals surface area contributed by atoms with Crippen LogP contribution in [0.25, 0.3) is 0 Å². The van der Waals surface area contributed by atoms with Gasteiger partial charge in [-0.2, -0.15) is 0 Å². The number of hydrogen-bond acceptors (Lipinski definition) is 3. The molecule has 1 aromatic heterocycles. The molecule has 2 heterocycles. The Balaban J connectivity index is 2.39. The number of carbonyl (C=O) groups is 2. The van der Waals surface area contributed by atoms with E-state index >= 15 is 0 Å². The molecule has 7 heteroatoms. The first-order valence-electron chi connectivity index (χ1n) is 5.73. The van der Waals surface area contributed by atoms with E-state index in [1.807, 2.05) is 0 Å². The fraction of sp³-hybridized carbons (Fsp3) is 0.417. The van der Waals surface area contributed by atoms with Crippen LogP contribution in [0, 0.1) is 0 Å². The van der Waals surface area contributed by atoms with Gasteiger partial charge in [0.25, 0.3) is 5.91 Å². The zero-order chi connectivity index (χ0) is 14.2. The van der Waals surface area contributed by atoms with Crippen molar-refractivity contribution < 1.29 is 14.7 Å². The van der Waals surface area contributed by atoms with Crippen molar-refractivity contribution in [3.63, 3.8) is 0 Å². The lowest BCUT2D eigenvalue weighted by Crippen LogP contribution is -2.51. The highest BCUT2D eigenvalue weighted by molar-refractivity contribution is 6.34. The van der Waals surface area contributed by atoms with Gasteiger partial charge in [0.05, 0.1) is 5.02 Å². The standard InChI is InChI=1S/C12H12Cl2N2O3/c1-12(11(18)19)5-2-6-16(12)10(17)9-7(13)3-4-8(14)15-9/h3-4H,2,5-6H2,1H3,(H,18,19). The van der Waals surface area contributed by atoms with E-state index in [-0.39, 0.29) is 15.9 Å². The summed E-state index contributed by atoms with van der Waals surface area (Å²) >= 11 is 11.7. The molecule has 0 spiro atoms. The number of aromatic nitrogens is 1. The Kier molecular flexibility index (Phi) is 3.69. The summed E-state index contributed by atoms with van der Waals surface area (Å²) in [4.78, 5) is 28.9. The Morgan fingerprint density at radius 2 is 2.11 bits per heavy atom. The van der Waals surface area contributed by atoms with Crippen LogP contribution in [0.3, 0.4) is 0 Å². The molecule has 2 rings (SSSR count). The van der Waals surface area contributed by atoms with E-state index in [0.717, 1.165) is 0 Å². The van der Waals surface area contributed by atoms with Gasteiger partial charge in [-0.1, -0.05) is 23.2 Å². The Morgan fingerprint density at radius 1 is 1.42 bits per heavy atom. The number of nitrogens with zero attached hydrogens (tertiary/aromatic N) is 2. The first-order chi connectivity index (χ1) is 8.86. The molecule has 19 heavy (non-hydrogen) atoms. The van der Waals surface area contributed by atoms with E-state index in [1.165, 1.54) is 24.0 Å². The van der Waals surface area contributed by atoms with E-state index in [9.17, 15) is 14.7 Å². The van der Waals surface area contributed by atoms with Crippen LogP contribution < -0.4 is 0 Å². The lowest BCUT2D eigenvalue weighted by Gasteiger charge is -2.31. The molecule has 0 saturated carbocycles. The van der Waals surface area contributed by atoms with Gasteiger partial charge in [-0.05, 0) is 31.9 Å². The van der Waals surface area contributed by atoms with E-state index in [4.69, 9.17) is 23.2 Å². The lowest BCUT2D eigenvalue weighted by molar-refractivity contribution is -0.147. The van der Waals surface area contributed by atoms with Crippen LogP contribution in [0.2, 0.25) is 10.2 Å². The number of likely N-dealkylation sites (tertiary alicyclic amines) is 1. The van der Waals surface area contributed by atoms with Gasteiger partial charge in [0.15, 0.2) is 0 Å². The van der Waals surface area contributed by atoms with Crippen LogP contribution in [0.5, 0.6) is 0 Å². The van der Waals surface area contributed by atoms with Crippen molar-refractivity contribution in [1.82, 2.24) is 9.88 Å². The molecule has 1 saturated heterocycles. The number of hydrogen-bond donors (Lipinski definition) is 1. The summed E-state index contributed by atoms with van der Waals surface area (Å²) in [5.74, 6) is -1.54. The fourth-order valence-electron chi connectivity index (χ4n) is 2.21. The average molecular weight is 303 g/mol. The van der Waals surface area contributed by atoms with Gasteiger partial charge in [-0.25, -0.2) is 9.78 Å². The second-order valence-corrected chi connectivity index (χ2v) is 5.40. The van der Waals surface area contributed by atoms with Crippen LogP contribution in [0.15, 0.2) is 12.1 Å². The molecule has 1 aromatic rings. The maximum atomic E-state index is 12.4. The van der Waals surface area contributed by atoms with Gasteiger partial charge in [0.2, 0.25) is 0 Å². The summed E-state index contributed by atoms with van der Waals surface area (Å²) in [6.45, 7) is 1.89. The van der Waals surface area contributed by atoms with Gasteiger partial charge in [0, 0.05) is 6.54 Å². The molecule has 1 aliphatic heterocycles. The number of carboxylic acids is 1. The smallest absolute Gasteiger partial charge is 0.329 e. The van der Waals surface area contributed by atoms with Crippen molar-refractivity contribution in [3.8, 4) is 0 Å². The number of carboxylic acid groups (broad SMARTS) is 1. The van der Waals surface area contributed by atoms with Crippen LogP contribution >= 0.6 is 23.2 Å². The molecule has 102 valence electrons. The minimum absolute atomic E-state index is 0.0106. The topological polar surface area (TPSA) is 70.5 Å². The number of halogens is 2. The summed E-state index contributed by atoms with van der Waals surface area (Å²) in [5, 5.41) is 9.59. The van der Waals surface area contributed by atoms with Crippen molar-refractivity contribution >= 4 is 35.1 Å². The highest BCUT2D eigenvalue weighted by atomic mass is 35.5. The predicted molar refractivity (Wildman–Crippen MR) is 70.6 cm³/mol. The van der Waals surface area contributed by atoms with Crippen LogP contribution in [-0.2, 0) is 4.79 Å². The molecule has 0 bridgehead atoms. The maximum absolute atomic E-state index is 12.4. The van der Waals surface area contributed by atoms with Gasteiger partial charge in [-0.15, -0.1) is 0 Å². The average Bonchev–Trinajstić information content (AvgIpc) is 2.75. The Labute approximate surface area is 120 Å². The zero-order valence-corrected chi connectivity index (χ0v) is 11.7. The minimum atomic E-state index is -1.22. The second kappa shape index (κ2) is 4.98. The van der Waals surface area contributed by atoms with Crippen LogP contribution in [-0.4, -0.2) is 39.0 Å². The summed E-state index contributed by atoms with van der Waals surface area (Å²) < 4.78 is 0. The quantitative estimate of drug-likeness (QED) is 0.852. The molecule has 0 aromatic carbocycles. The molecular formula is C12H12Cl2N2O3. The summed E-state index contributed by atoms with van der Waals surface area (Å²) in [6, 6.07) is 2.94. The molecule has 1 N–H and O–H groups in total. The SMILES string of the molecule is CC1(C(=O)O)CCCN1C(=O)c1nc(Cl)ccc1Cl. The minimum Gasteiger partial charge on any atom is -0.480 e. The number of carbonyl (C=O) groups excluding carboxylic acids is 1. The van der Waals surface area contributed by atoms with Crippen molar-refractivity contribution in [2.45, 2.75) is 25.3 Å². The normalized spacial score (nSPS) is 22.6. The van der Waals surface area contributed by atoms with Crippen LogP contribution in [0.4, 0.5) is 0 Å². The molecule has 1 fully saturated rings. The molecule has 5 nitrogen and oxygen atoms in total. The molecule has 1 atom stereocenters. The summed E-state index contributed by atoms with van der Waals surface area (Å²) in [7, 11) is 0. The van der Waals surface area contributed by atoms with Gasteiger partial charge < -0.3 is 10.0 Å². The zero-order valence-electron chi connectivity index (χ0n) is 10.2. The van der Waals surface area contributed by atoms with E-state index in [0.29, 0.717) is 19.4 Å². The van der Waals surface area contributed by atoms with Gasteiger partial charge in [-0.3, -0.25) is 4.79 Å². The summed E-state index contributed by atoms with van der Waals surface area (Å²) in [5.41, 5.74) is -1.23. The fourth-order valence-corrected chi connectivity index (χ4v) is 2.54. The van der Waals surface area contributed by atoms with Crippen molar-refractivity contribution in [2.75, 3.05) is 6.54 Å². The highest BCUT2D eigenvalue weighted by Gasteiger charge is 2.46. The molecule has 0 aliphatic carbocycles. The lowest BCUT2D eigenvalue weighted by atomic mass is 9.99. The van der Waals surface area contributed by atoms with Crippen molar-refractivity contribution in [2.24, 2.45) is 0 Å². The second-order valence-electron chi connectivity index (χ2n) is 4.60. The molecular weight excluding hydrogens is 291 g/mol. The third kappa shape index (κ3) is 2.40. The molecule has 1 aliphatic rings. The molecule has 0 radical (unpaired) electrons. The van der Waals surface area contributed by atoms with E-state index < -0.39 is 17.4 Å². The van der Waals surface area contributed by atoms with Crippen LogP contribution in [0.1, 0.15) is 30.3 Å². The van der Waals surface area contributed by atoms with Gasteiger partial charge >= 0.3 is 5.97 Å². The predicted octanol–water partition coefficient (Wildman–Crippen LogP) is 2.47. The Morgan fingerprint density at radius 3 is 2.74 bits per heavy atom. The number of rotatable bonds is 2. The number of aliphatic carboxylic acids is 1. The highest BCUT2D eigenvalue weighted by Crippen LogP contribution is 2.31.